The molecule has 0 aliphatic rings. The minimum absolute atomic E-state index is 0.398. The van der Waals surface area contributed by atoms with Gasteiger partial charge in [0.1, 0.15) is 5.69 Å². The number of hydrogen-bond acceptors (Lipinski definition) is 2. The van der Waals surface area contributed by atoms with Crippen LogP contribution >= 0.6 is 0 Å². The van der Waals surface area contributed by atoms with Crippen molar-refractivity contribution in [3.63, 3.8) is 0 Å². The zero-order valence-corrected chi connectivity index (χ0v) is 8.27. The van der Waals surface area contributed by atoms with Crippen molar-refractivity contribution < 1.29 is 0 Å². The zero-order chi connectivity index (χ0) is 10.1. The monoisotopic (exact) mass is 188 g/mol. The normalized spacial score (nSPS) is 11.1. The molecule has 14 heavy (non-hydrogen) atoms. The van der Waals surface area contributed by atoms with Crippen LogP contribution in [0.1, 0.15) is 19.9 Å². The first-order valence-electron chi connectivity index (χ1n) is 4.66. The molecule has 1 aromatic carbocycles. The molecular weight excluding hydrogens is 176 g/mol. The van der Waals surface area contributed by atoms with Crippen LogP contribution in [0.25, 0.3) is 10.9 Å². The van der Waals surface area contributed by atoms with Gasteiger partial charge in [-0.15, -0.1) is 4.91 Å². The molecule has 0 aliphatic carbocycles. The van der Waals surface area contributed by atoms with Crippen molar-refractivity contribution >= 4 is 16.6 Å². The summed E-state index contributed by atoms with van der Waals surface area (Å²) < 4.78 is 2.13. The van der Waals surface area contributed by atoms with Gasteiger partial charge in [0.15, 0.2) is 0 Å². The molecule has 0 spiro atoms. The Labute approximate surface area is 82.3 Å². The predicted molar refractivity (Wildman–Crippen MR) is 57.8 cm³/mol. The van der Waals surface area contributed by atoms with Gasteiger partial charge in [0, 0.05) is 12.2 Å². The Bertz CT molecular complexity index is 471. The summed E-state index contributed by atoms with van der Waals surface area (Å²) in [4.78, 5) is 10.4. The van der Waals surface area contributed by atoms with Gasteiger partial charge in [0.2, 0.25) is 0 Å². The summed E-state index contributed by atoms with van der Waals surface area (Å²) in [5.74, 6) is 0. The third-order valence-corrected chi connectivity index (χ3v) is 2.37. The number of nitrogens with zero attached hydrogens (tertiary/aromatic N) is 2. The Balaban J connectivity index is 2.69. The Morgan fingerprint density at radius 2 is 2.07 bits per heavy atom. The molecule has 1 heterocycles. The molecule has 3 heteroatoms. The van der Waals surface area contributed by atoms with E-state index >= 15 is 0 Å². The molecule has 0 N–H and O–H groups in total. The van der Waals surface area contributed by atoms with E-state index in [0.29, 0.717) is 11.7 Å². The van der Waals surface area contributed by atoms with Crippen molar-refractivity contribution in [1.29, 1.82) is 0 Å². The molecule has 0 amide bonds. The van der Waals surface area contributed by atoms with Crippen molar-refractivity contribution in [3.05, 3.63) is 35.4 Å². The van der Waals surface area contributed by atoms with Crippen LogP contribution in [0.3, 0.4) is 0 Å². The number of aromatic nitrogens is 1. The molecular formula is C11H12N2O. The van der Waals surface area contributed by atoms with Crippen LogP contribution in [0.5, 0.6) is 0 Å². The lowest BCUT2D eigenvalue weighted by Crippen LogP contribution is -1.97. The van der Waals surface area contributed by atoms with Crippen molar-refractivity contribution in [2.45, 2.75) is 19.9 Å². The summed E-state index contributed by atoms with van der Waals surface area (Å²) in [6, 6.07) is 7.92. The topological polar surface area (TPSA) is 34.4 Å². The molecule has 0 bridgehead atoms. The Hall–Kier alpha value is -1.64. The smallest absolute Gasteiger partial charge is 0.110 e. The average molecular weight is 188 g/mol. The van der Waals surface area contributed by atoms with E-state index in [1.807, 2.05) is 24.4 Å². The van der Waals surface area contributed by atoms with Crippen LogP contribution in [0.15, 0.2) is 35.6 Å². The SMILES string of the molecule is CC(C)n1ccc2ccc(N=O)cc21. The second-order valence-electron chi connectivity index (χ2n) is 3.65. The minimum Gasteiger partial charge on any atom is -0.345 e. The first-order valence-corrected chi connectivity index (χ1v) is 4.66. The minimum atomic E-state index is 0.398. The Morgan fingerprint density at radius 1 is 1.29 bits per heavy atom. The van der Waals surface area contributed by atoms with Gasteiger partial charge >= 0.3 is 0 Å². The van der Waals surface area contributed by atoms with E-state index in [4.69, 9.17) is 0 Å². The fraction of sp³-hybridized carbons (Fsp3) is 0.273. The molecule has 0 radical (unpaired) electrons. The van der Waals surface area contributed by atoms with Gasteiger partial charge in [-0.3, -0.25) is 0 Å². The van der Waals surface area contributed by atoms with Crippen molar-refractivity contribution in [3.8, 4) is 0 Å². The quantitative estimate of drug-likeness (QED) is 0.663. The van der Waals surface area contributed by atoms with E-state index < -0.39 is 0 Å². The lowest BCUT2D eigenvalue weighted by molar-refractivity contribution is 0.623. The third kappa shape index (κ3) is 1.31. The second kappa shape index (κ2) is 3.25. The summed E-state index contributed by atoms with van der Waals surface area (Å²) in [5, 5.41) is 4.08. The van der Waals surface area contributed by atoms with Crippen LogP contribution in [0.2, 0.25) is 0 Å². The van der Waals surface area contributed by atoms with E-state index in [-0.39, 0.29) is 0 Å². The summed E-state index contributed by atoms with van der Waals surface area (Å²) in [6.07, 6.45) is 2.03. The summed E-state index contributed by atoms with van der Waals surface area (Å²) in [6.45, 7) is 4.22. The number of nitroso groups, excluding NO2 is 1. The lowest BCUT2D eigenvalue weighted by atomic mass is 10.2. The van der Waals surface area contributed by atoms with Crippen LogP contribution in [0.4, 0.5) is 5.69 Å². The lowest BCUT2D eigenvalue weighted by Gasteiger charge is -2.08. The second-order valence-corrected chi connectivity index (χ2v) is 3.65. The Morgan fingerprint density at radius 3 is 2.71 bits per heavy atom. The first kappa shape index (κ1) is 8.94. The van der Waals surface area contributed by atoms with Gasteiger partial charge in [-0.1, -0.05) is 6.07 Å². The average Bonchev–Trinajstić information content (AvgIpc) is 2.59. The Kier molecular flexibility index (Phi) is 2.08. The number of fused-ring (bicyclic) bond motifs is 1. The van der Waals surface area contributed by atoms with Gasteiger partial charge in [0.25, 0.3) is 0 Å². The van der Waals surface area contributed by atoms with E-state index in [1.165, 1.54) is 0 Å². The molecule has 0 saturated carbocycles. The van der Waals surface area contributed by atoms with E-state index in [9.17, 15) is 4.91 Å². The molecule has 0 aliphatic heterocycles. The number of hydrogen-bond donors (Lipinski definition) is 0. The first-order chi connectivity index (χ1) is 6.72. The highest BCUT2D eigenvalue weighted by atomic mass is 16.3. The van der Waals surface area contributed by atoms with Crippen molar-refractivity contribution in [2.75, 3.05) is 0 Å². The van der Waals surface area contributed by atoms with Crippen LogP contribution < -0.4 is 0 Å². The summed E-state index contributed by atoms with van der Waals surface area (Å²) in [7, 11) is 0. The largest absolute Gasteiger partial charge is 0.345 e. The molecule has 1 aromatic heterocycles. The van der Waals surface area contributed by atoms with E-state index in [2.05, 4.69) is 23.6 Å². The fourth-order valence-corrected chi connectivity index (χ4v) is 1.64. The van der Waals surface area contributed by atoms with E-state index in [1.54, 1.807) is 6.07 Å². The highest BCUT2D eigenvalue weighted by molar-refractivity contribution is 5.83. The maximum absolute atomic E-state index is 10.4. The molecule has 2 rings (SSSR count). The summed E-state index contributed by atoms with van der Waals surface area (Å²) >= 11 is 0. The van der Waals surface area contributed by atoms with Crippen LogP contribution in [-0.2, 0) is 0 Å². The highest BCUT2D eigenvalue weighted by Crippen LogP contribution is 2.24. The van der Waals surface area contributed by atoms with Gasteiger partial charge in [0.05, 0.1) is 5.52 Å². The van der Waals surface area contributed by atoms with Crippen molar-refractivity contribution in [1.82, 2.24) is 4.57 Å². The molecule has 0 unspecified atom stereocenters. The van der Waals surface area contributed by atoms with Gasteiger partial charge in [-0.25, -0.2) is 0 Å². The molecule has 2 aromatic rings. The number of rotatable bonds is 2. The maximum Gasteiger partial charge on any atom is 0.110 e. The van der Waals surface area contributed by atoms with Gasteiger partial charge in [-0.2, -0.15) is 0 Å². The standard InChI is InChI=1S/C11H12N2O/c1-8(2)13-6-5-9-3-4-10(12-14)7-11(9)13/h3-8H,1-2H3. The van der Waals surface area contributed by atoms with Gasteiger partial charge in [-0.05, 0) is 42.6 Å². The number of benzene rings is 1. The molecule has 0 fully saturated rings. The maximum atomic E-state index is 10.4. The zero-order valence-electron chi connectivity index (χ0n) is 8.27. The van der Waals surface area contributed by atoms with Gasteiger partial charge < -0.3 is 4.57 Å². The van der Waals surface area contributed by atoms with Crippen molar-refractivity contribution in [2.24, 2.45) is 5.18 Å². The molecule has 3 nitrogen and oxygen atoms in total. The van der Waals surface area contributed by atoms with Crippen LogP contribution in [0, 0.1) is 4.91 Å². The molecule has 0 saturated heterocycles. The fourth-order valence-electron chi connectivity index (χ4n) is 1.64. The molecule has 72 valence electrons. The highest BCUT2D eigenvalue weighted by Gasteiger charge is 2.04. The van der Waals surface area contributed by atoms with Crippen LogP contribution in [-0.4, -0.2) is 4.57 Å². The summed E-state index contributed by atoms with van der Waals surface area (Å²) in [5.41, 5.74) is 1.55. The third-order valence-electron chi connectivity index (χ3n) is 2.37. The predicted octanol–water partition coefficient (Wildman–Crippen LogP) is 3.62. The molecule has 0 atom stereocenters. The van der Waals surface area contributed by atoms with E-state index in [0.717, 1.165) is 10.9 Å².